The van der Waals surface area contributed by atoms with Crippen LogP contribution in [0.4, 0.5) is 0 Å². The topological polar surface area (TPSA) is 12.0 Å². The van der Waals surface area contributed by atoms with E-state index in [1.807, 2.05) is 0 Å². The van der Waals surface area contributed by atoms with Gasteiger partial charge in [-0.1, -0.05) is 28.1 Å². The Labute approximate surface area is 134 Å². The summed E-state index contributed by atoms with van der Waals surface area (Å²) < 4.78 is 2.36. The lowest BCUT2D eigenvalue weighted by Crippen LogP contribution is -2.47. The highest BCUT2D eigenvalue weighted by Gasteiger charge is 2.38. The summed E-state index contributed by atoms with van der Waals surface area (Å²) >= 11 is 8.92. The van der Waals surface area contributed by atoms with Crippen LogP contribution in [-0.4, -0.2) is 0 Å². The minimum atomic E-state index is 0.185. The molecule has 0 saturated heterocycles. The van der Waals surface area contributed by atoms with Crippen LogP contribution in [0.5, 0.6) is 0 Å². The molecule has 100 valence electrons. The largest absolute Gasteiger partial charge is 0.302 e. The van der Waals surface area contributed by atoms with Gasteiger partial charge in [0, 0.05) is 25.9 Å². The third-order valence-corrected chi connectivity index (χ3v) is 6.34. The first-order valence-corrected chi connectivity index (χ1v) is 8.89. The van der Waals surface area contributed by atoms with Crippen LogP contribution in [0.25, 0.3) is 0 Å². The minimum Gasteiger partial charge on any atom is -0.302 e. The van der Waals surface area contributed by atoms with Crippen LogP contribution in [0, 0.1) is 0 Å². The quantitative estimate of drug-likeness (QED) is 0.720. The maximum atomic E-state index is 3.78. The Balaban J connectivity index is 1.76. The predicted octanol–water partition coefficient (Wildman–Crippen LogP) is 5.44. The van der Waals surface area contributed by atoms with Gasteiger partial charge >= 0.3 is 0 Å². The van der Waals surface area contributed by atoms with Gasteiger partial charge in [-0.2, -0.15) is 0 Å². The van der Waals surface area contributed by atoms with Crippen LogP contribution in [-0.2, 0) is 12.1 Å². The highest BCUT2D eigenvalue weighted by Crippen LogP contribution is 2.42. The second-order valence-corrected chi connectivity index (χ2v) is 7.76. The van der Waals surface area contributed by atoms with E-state index >= 15 is 0 Å². The summed E-state index contributed by atoms with van der Waals surface area (Å²) in [6.45, 7) is 0.939. The van der Waals surface area contributed by atoms with Crippen LogP contribution in [0.1, 0.15) is 29.7 Å². The fraction of sp³-hybridized carbons (Fsp3) is 0.333. The Morgan fingerprint density at radius 1 is 1.11 bits per heavy atom. The molecular formula is C15H15Br2NS. The summed E-state index contributed by atoms with van der Waals surface area (Å²) in [5, 5.41) is 5.91. The summed E-state index contributed by atoms with van der Waals surface area (Å²) in [5.74, 6) is 0. The van der Waals surface area contributed by atoms with E-state index in [0.29, 0.717) is 0 Å². The van der Waals surface area contributed by atoms with Crippen molar-refractivity contribution in [2.24, 2.45) is 0 Å². The van der Waals surface area contributed by atoms with Gasteiger partial charge in [-0.3, -0.25) is 0 Å². The van der Waals surface area contributed by atoms with Crippen molar-refractivity contribution < 1.29 is 0 Å². The number of hydrogen-bond donors (Lipinski definition) is 1. The predicted molar refractivity (Wildman–Crippen MR) is 88.5 cm³/mol. The van der Waals surface area contributed by atoms with Gasteiger partial charge in [-0.05, 0) is 64.3 Å². The normalized spacial score (nSPS) is 17.2. The molecule has 0 atom stereocenters. The molecule has 1 heterocycles. The highest BCUT2D eigenvalue weighted by molar-refractivity contribution is 9.10. The molecule has 0 spiro atoms. The molecule has 0 radical (unpaired) electrons. The third-order valence-electron chi connectivity index (χ3n) is 3.88. The average molecular weight is 401 g/mol. The maximum absolute atomic E-state index is 3.78. The molecule has 4 heteroatoms. The minimum absolute atomic E-state index is 0.185. The molecule has 1 aliphatic carbocycles. The summed E-state index contributed by atoms with van der Waals surface area (Å²) in [7, 11) is 0. The van der Waals surface area contributed by atoms with Crippen molar-refractivity contribution in [3.63, 3.8) is 0 Å². The molecule has 0 amide bonds. The van der Waals surface area contributed by atoms with E-state index in [1.54, 1.807) is 11.3 Å². The van der Waals surface area contributed by atoms with Crippen molar-refractivity contribution in [2.45, 2.75) is 31.3 Å². The lowest BCUT2D eigenvalue weighted by Gasteiger charge is -2.43. The summed E-state index contributed by atoms with van der Waals surface area (Å²) in [5.41, 5.74) is 1.60. The smallest absolute Gasteiger partial charge is 0.0437 e. The first-order valence-electron chi connectivity index (χ1n) is 6.43. The van der Waals surface area contributed by atoms with Crippen molar-refractivity contribution in [1.82, 2.24) is 5.32 Å². The standard InChI is InChI=1S/C15H15Br2NS/c16-12-4-2-11(3-5-12)15(7-1-8-15)18-10-14-13(17)6-9-19-14/h2-6,9,18H,1,7-8,10H2. The molecule has 0 aliphatic heterocycles. The Morgan fingerprint density at radius 2 is 1.84 bits per heavy atom. The van der Waals surface area contributed by atoms with Crippen molar-refractivity contribution in [1.29, 1.82) is 0 Å². The van der Waals surface area contributed by atoms with Gasteiger partial charge in [-0.25, -0.2) is 0 Å². The lowest BCUT2D eigenvalue weighted by atomic mass is 9.72. The third kappa shape index (κ3) is 2.82. The van der Waals surface area contributed by atoms with Gasteiger partial charge in [0.25, 0.3) is 0 Å². The monoisotopic (exact) mass is 399 g/mol. The Morgan fingerprint density at radius 3 is 2.37 bits per heavy atom. The van der Waals surface area contributed by atoms with Crippen LogP contribution >= 0.6 is 43.2 Å². The van der Waals surface area contributed by atoms with Crippen LogP contribution < -0.4 is 5.32 Å². The van der Waals surface area contributed by atoms with E-state index < -0.39 is 0 Å². The molecule has 1 aliphatic rings. The molecular weight excluding hydrogens is 386 g/mol. The Hall–Kier alpha value is -0.160. The molecule has 2 aromatic rings. The maximum Gasteiger partial charge on any atom is 0.0437 e. The summed E-state index contributed by atoms with van der Waals surface area (Å²) in [4.78, 5) is 1.38. The molecule has 0 unspecified atom stereocenters. The second kappa shape index (κ2) is 5.68. The fourth-order valence-electron chi connectivity index (χ4n) is 2.57. The number of hydrogen-bond acceptors (Lipinski definition) is 2. The van der Waals surface area contributed by atoms with E-state index in [9.17, 15) is 0 Å². The van der Waals surface area contributed by atoms with Gasteiger partial charge in [0.2, 0.25) is 0 Å². The van der Waals surface area contributed by atoms with Crippen molar-refractivity contribution in [3.8, 4) is 0 Å². The van der Waals surface area contributed by atoms with Gasteiger partial charge in [0.1, 0.15) is 0 Å². The number of thiophene rings is 1. The Kier molecular flexibility index (Phi) is 4.13. The number of halogens is 2. The van der Waals surface area contributed by atoms with Crippen molar-refractivity contribution >= 4 is 43.2 Å². The fourth-order valence-corrected chi connectivity index (χ4v) is 4.26. The molecule has 19 heavy (non-hydrogen) atoms. The highest BCUT2D eigenvalue weighted by atomic mass is 79.9. The van der Waals surface area contributed by atoms with Gasteiger partial charge < -0.3 is 5.32 Å². The van der Waals surface area contributed by atoms with E-state index in [-0.39, 0.29) is 5.54 Å². The van der Waals surface area contributed by atoms with E-state index in [1.165, 1.54) is 34.2 Å². The molecule has 1 N–H and O–H groups in total. The van der Waals surface area contributed by atoms with Crippen LogP contribution in [0.2, 0.25) is 0 Å². The molecule has 1 aromatic heterocycles. The van der Waals surface area contributed by atoms with Gasteiger partial charge in [0.15, 0.2) is 0 Å². The van der Waals surface area contributed by atoms with E-state index in [0.717, 1.165) is 11.0 Å². The molecule has 3 rings (SSSR count). The molecule has 1 saturated carbocycles. The van der Waals surface area contributed by atoms with Gasteiger partial charge in [0.05, 0.1) is 0 Å². The van der Waals surface area contributed by atoms with Crippen LogP contribution in [0.15, 0.2) is 44.7 Å². The average Bonchev–Trinajstić information content (AvgIpc) is 2.76. The summed E-state index contributed by atoms with van der Waals surface area (Å²) in [6.07, 6.45) is 3.78. The van der Waals surface area contributed by atoms with Crippen molar-refractivity contribution in [2.75, 3.05) is 0 Å². The van der Waals surface area contributed by atoms with Crippen LogP contribution in [0.3, 0.4) is 0 Å². The SMILES string of the molecule is Brc1ccc(C2(NCc3sccc3Br)CCC2)cc1. The first-order chi connectivity index (χ1) is 9.20. The molecule has 1 nitrogen and oxygen atoms in total. The lowest BCUT2D eigenvalue weighted by molar-refractivity contribution is 0.184. The molecule has 1 aromatic carbocycles. The Bertz CT molecular complexity index is 558. The molecule has 0 bridgehead atoms. The number of rotatable bonds is 4. The number of nitrogens with one attached hydrogen (secondary N) is 1. The zero-order valence-electron chi connectivity index (χ0n) is 10.5. The first kappa shape index (κ1) is 13.8. The van der Waals surface area contributed by atoms with E-state index in [4.69, 9.17) is 0 Å². The summed E-state index contributed by atoms with van der Waals surface area (Å²) in [6, 6.07) is 10.9. The second-order valence-electron chi connectivity index (χ2n) is 4.99. The zero-order chi connectivity index (χ0) is 13.3. The van der Waals surface area contributed by atoms with Gasteiger partial charge in [-0.15, -0.1) is 11.3 Å². The number of benzene rings is 1. The van der Waals surface area contributed by atoms with E-state index in [2.05, 4.69) is 72.9 Å². The zero-order valence-corrected chi connectivity index (χ0v) is 14.4. The van der Waals surface area contributed by atoms with Crippen molar-refractivity contribution in [3.05, 3.63) is 55.1 Å². The molecule has 1 fully saturated rings.